The summed E-state index contributed by atoms with van der Waals surface area (Å²) in [5.41, 5.74) is 0.196. The number of aliphatic hydroxyl groups is 1. The number of nitrogens with zero attached hydrogens (tertiary/aromatic N) is 1. The SMILES string of the molecule is COC1(c2cc(OC3CC(O)C3)cc(Cl)n2)CCOC1. The fourth-order valence-electron chi connectivity index (χ4n) is 2.62. The van der Waals surface area contributed by atoms with E-state index in [0.717, 1.165) is 12.1 Å². The van der Waals surface area contributed by atoms with Crippen LogP contribution in [0.4, 0.5) is 0 Å². The zero-order valence-corrected chi connectivity index (χ0v) is 12.1. The molecule has 0 radical (unpaired) electrons. The van der Waals surface area contributed by atoms with Crippen LogP contribution in [0.25, 0.3) is 0 Å². The Morgan fingerprint density at radius 3 is 2.85 bits per heavy atom. The maximum absolute atomic E-state index is 9.30. The second-order valence-electron chi connectivity index (χ2n) is 5.38. The minimum atomic E-state index is -0.540. The van der Waals surface area contributed by atoms with E-state index in [1.54, 1.807) is 13.2 Å². The summed E-state index contributed by atoms with van der Waals surface area (Å²) in [7, 11) is 1.65. The Morgan fingerprint density at radius 2 is 2.25 bits per heavy atom. The summed E-state index contributed by atoms with van der Waals surface area (Å²) in [5, 5.41) is 9.68. The molecule has 1 aromatic heterocycles. The van der Waals surface area contributed by atoms with Gasteiger partial charge in [0, 0.05) is 45.1 Å². The molecule has 2 aliphatic rings. The molecule has 0 amide bonds. The third-order valence-corrected chi connectivity index (χ3v) is 4.18. The summed E-state index contributed by atoms with van der Waals surface area (Å²) in [6.45, 7) is 1.12. The number of hydrogen-bond acceptors (Lipinski definition) is 5. The maximum atomic E-state index is 9.30. The van der Waals surface area contributed by atoms with Crippen molar-refractivity contribution >= 4 is 11.6 Å². The number of rotatable bonds is 4. The van der Waals surface area contributed by atoms with E-state index in [0.29, 0.717) is 37.0 Å². The molecule has 0 spiro atoms. The molecule has 1 N–H and O–H groups in total. The van der Waals surface area contributed by atoms with Crippen LogP contribution in [0.1, 0.15) is 25.0 Å². The average Bonchev–Trinajstić information content (AvgIpc) is 2.86. The van der Waals surface area contributed by atoms with Gasteiger partial charge in [-0.05, 0) is 0 Å². The lowest BCUT2D eigenvalue weighted by molar-refractivity contribution is -0.0261. The van der Waals surface area contributed by atoms with Gasteiger partial charge in [-0.1, -0.05) is 11.6 Å². The molecule has 1 saturated carbocycles. The van der Waals surface area contributed by atoms with Crippen LogP contribution in [-0.2, 0) is 15.1 Å². The highest BCUT2D eigenvalue weighted by Crippen LogP contribution is 2.36. The number of aromatic nitrogens is 1. The first kappa shape index (κ1) is 14.1. The Hall–Kier alpha value is -0.880. The molecule has 1 aliphatic carbocycles. The highest BCUT2D eigenvalue weighted by Gasteiger charge is 2.39. The van der Waals surface area contributed by atoms with Gasteiger partial charge in [0.25, 0.3) is 0 Å². The van der Waals surface area contributed by atoms with Crippen LogP contribution in [0.15, 0.2) is 12.1 Å². The zero-order chi connectivity index (χ0) is 14.2. The van der Waals surface area contributed by atoms with Crippen molar-refractivity contribution < 1.29 is 19.3 Å². The van der Waals surface area contributed by atoms with E-state index in [-0.39, 0.29) is 12.2 Å². The van der Waals surface area contributed by atoms with Gasteiger partial charge in [-0.15, -0.1) is 0 Å². The molecule has 1 aliphatic heterocycles. The minimum absolute atomic E-state index is 0.0506. The van der Waals surface area contributed by atoms with Crippen LogP contribution in [-0.4, -0.2) is 42.6 Å². The topological polar surface area (TPSA) is 60.8 Å². The van der Waals surface area contributed by atoms with Gasteiger partial charge >= 0.3 is 0 Å². The largest absolute Gasteiger partial charge is 0.490 e. The summed E-state index contributed by atoms with van der Waals surface area (Å²) in [4.78, 5) is 4.36. The Labute approximate surface area is 122 Å². The molecule has 1 unspecified atom stereocenters. The molecule has 2 heterocycles. The van der Waals surface area contributed by atoms with E-state index in [4.69, 9.17) is 25.8 Å². The van der Waals surface area contributed by atoms with E-state index in [1.165, 1.54) is 0 Å². The molecule has 0 bridgehead atoms. The van der Waals surface area contributed by atoms with Crippen molar-refractivity contribution in [2.75, 3.05) is 20.3 Å². The van der Waals surface area contributed by atoms with Crippen LogP contribution in [0.3, 0.4) is 0 Å². The molecular weight excluding hydrogens is 282 g/mol. The van der Waals surface area contributed by atoms with Crippen molar-refractivity contribution in [3.05, 3.63) is 23.0 Å². The summed E-state index contributed by atoms with van der Waals surface area (Å²) < 4.78 is 16.9. The molecule has 1 atom stereocenters. The average molecular weight is 300 g/mol. The third kappa shape index (κ3) is 2.63. The van der Waals surface area contributed by atoms with E-state index in [9.17, 15) is 5.11 Å². The van der Waals surface area contributed by atoms with Crippen LogP contribution >= 0.6 is 11.6 Å². The lowest BCUT2D eigenvalue weighted by Crippen LogP contribution is -2.37. The molecule has 0 aromatic carbocycles. The second kappa shape index (κ2) is 5.48. The van der Waals surface area contributed by atoms with E-state index in [1.807, 2.05) is 6.07 Å². The first-order valence-electron chi connectivity index (χ1n) is 6.77. The van der Waals surface area contributed by atoms with Crippen molar-refractivity contribution in [3.63, 3.8) is 0 Å². The summed E-state index contributed by atoms with van der Waals surface area (Å²) in [6, 6.07) is 3.55. The number of ether oxygens (including phenoxy) is 3. The van der Waals surface area contributed by atoms with E-state index >= 15 is 0 Å². The van der Waals surface area contributed by atoms with Crippen molar-refractivity contribution in [2.45, 2.75) is 37.1 Å². The van der Waals surface area contributed by atoms with Gasteiger partial charge in [-0.3, -0.25) is 0 Å². The summed E-state index contributed by atoms with van der Waals surface area (Å²) in [5.74, 6) is 0.667. The quantitative estimate of drug-likeness (QED) is 0.861. The van der Waals surface area contributed by atoms with Crippen molar-refractivity contribution in [1.82, 2.24) is 4.98 Å². The smallest absolute Gasteiger partial charge is 0.135 e. The van der Waals surface area contributed by atoms with Crippen molar-refractivity contribution in [2.24, 2.45) is 0 Å². The monoisotopic (exact) mass is 299 g/mol. The molecule has 20 heavy (non-hydrogen) atoms. The number of methoxy groups -OCH3 is 1. The first-order valence-corrected chi connectivity index (χ1v) is 7.15. The molecule has 6 heteroatoms. The number of hydrogen-bond donors (Lipinski definition) is 1. The van der Waals surface area contributed by atoms with Gasteiger partial charge in [0.1, 0.15) is 22.6 Å². The Balaban J connectivity index is 1.82. The Bertz CT molecular complexity index is 484. The van der Waals surface area contributed by atoms with Crippen LogP contribution in [0, 0.1) is 0 Å². The summed E-state index contributed by atoms with van der Waals surface area (Å²) >= 11 is 6.08. The van der Waals surface area contributed by atoms with Crippen molar-refractivity contribution in [3.8, 4) is 5.75 Å². The number of aliphatic hydroxyl groups excluding tert-OH is 1. The second-order valence-corrected chi connectivity index (χ2v) is 5.76. The lowest BCUT2D eigenvalue weighted by Gasteiger charge is -2.32. The Kier molecular flexibility index (Phi) is 3.86. The highest BCUT2D eigenvalue weighted by molar-refractivity contribution is 6.29. The number of pyridine rings is 1. The molecule has 2 fully saturated rings. The van der Waals surface area contributed by atoms with Gasteiger partial charge in [0.15, 0.2) is 0 Å². The van der Waals surface area contributed by atoms with Gasteiger partial charge in [-0.25, -0.2) is 4.98 Å². The molecule has 110 valence electrons. The normalized spacial score (nSPS) is 33.0. The van der Waals surface area contributed by atoms with Crippen LogP contribution in [0.2, 0.25) is 5.15 Å². The fourth-order valence-corrected chi connectivity index (χ4v) is 2.81. The predicted octanol–water partition coefficient (Wildman–Crippen LogP) is 1.90. The molecule has 1 saturated heterocycles. The molecule has 3 rings (SSSR count). The highest BCUT2D eigenvalue weighted by atomic mass is 35.5. The van der Waals surface area contributed by atoms with Gasteiger partial charge < -0.3 is 19.3 Å². The van der Waals surface area contributed by atoms with E-state index in [2.05, 4.69) is 4.98 Å². The molecular formula is C14H18ClNO4. The van der Waals surface area contributed by atoms with Crippen molar-refractivity contribution in [1.29, 1.82) is 0 Å². The number of halogens is 1. The Morgan fingerprint density at radius 1 is 1.45 bits per heavy atom. The molecule has 1 aromatic rings. The lowest BCUT2D eigenvalue weighted by atomic mass is 9.92. The molecule has 5 nitrogen and oxygen atoms in total. The first-order chi connectivity index (χ1) is 9.61. The predicted molar refractivity (Wildman–Crippen MR) is 73.0 cm³/mol. The minimum Gasteiger partial charge on any atom is -0.490 e. The maximum Gasteiger partial charge on any atom is 0.135 e. The zero-order valence-electron chi connectivity index (χ0n) is 11.3. The van der Waals surface area contributed by atoms with Gasteiger partial charge in [0.05, 0.1) is 18.4 Å². The van der Waals surface area contributed by atoms with Gasteiger partial charge in [0.2, 0.25) is 0 Å². The van der Waals surface area contributed by atoms with Gasteiger partial charge in [-0.2, -0.15) is 0 Å². The third-order valence-electron chi connectivity index (χ3n) is 3.98. The van der Waals surface area contributed by atoms with Crippen LogP contribution in [0.5, 0.6) is 5.75 Å². The summed E-state index contributed by atoms with van der Waals surface area (Å²) in [6.07, 6.45) is 1.88. The van der Waals surface area contributed by atoms with Crippen LogP contribution < -0.4 is 4.74 Å². The van der Waals surface area contributed by atoms with E-state index < -0.39 is 5.60 Å². The standard InChI is InChI=1S/C14H18ClNO4/c1-18-14(2-3-19-8-14)12-6-11(7-13(15)16-12)20-10-4-9(17)5-10/h6-7,9-10,17H,2-5,8H2,1H3. The fraction of sp³-hybridized carbons (Fsp3) is 0.643.